The predicted molar refractivity (Wildman–Crippen MR) is 134 cm³/mol. The van der Waals surface area contributed by atoms with Gasteiger partial charge in [-0.2, -0.15) is 5.10 Å². The minimum Gasteiger partial charge on any atom is -0.468 e. The van der Waals surface area contributed by atoms with Crippen molar-refractivity contribution < 1.29 is 29.0 Å². The summed E-state index contributed by atoms with van der Waals surface area (Å²) in [7, 11) is 0. The maximum atomic E-state index is 13.8. The van der Waals surface area contributed by atoms with Gasteiger partial charge in [0.15, 0.2) is 6.79 Å². The smallest absolute Gasteiger partial charge is 0.354 e. The minimum absolute atomic E-state index is 0.0788. The van der Waals surface area contributed by atoms with Crippen LogP contribution in [0.4, 0.5) is 0 Å². The molecule has 1 aromatic rings. The van der Waals surface area contributed by atoms with Gasteiger partial charge in [-0.25, -0.2) is 4.79 Å². The van der Waals surface area contributed by atoms with Gasteiger partial charge in [-0.15, -0.1) is 0 Å². The van der Waals surface area contributed by atoms with Gasteiger partial charge < -0.3 is 24.8 Å². The zero-order valence-electron chi connectivity index (χ0n) is 21.2. The van der Waals surface area contributed by atoms with E-state index < -0.39 is 24.2 Å². The Balaban J connectivity index is 1.84. The van der Waals surface area contributed by atoms with Crippen LogP contribution in [0.1, 0.15) is 64.9 Å². The Morgan fingerprint density at radius 3 is 2.42 bits per heavy atom. The molecule has 2 amide bonds. The minimum atomic E-state index is -0.949. The van der Waals surface area contributed by atoms with E-state index in [0.29, 0.717) is 18.6 Å². The molecule has 0 radical (unpaired) electrons. The normalized spacial score (nSPS) is 17.3. The first-order valence-electron chi connectivity index (χ1n) is 12.4. The quantitative estimate of drug-likeness (QED) is 0.132. The largest absolute Gasteiger partial charge is 0.468 e. The van der Waals surface area contributed by atoms with Gasteiger partial charge in [0.05, 0.1) is 6.61 Å². The van der Waals surface area contributed by atoms with E-state index in [1.807, 2.05) is 0 Å². The summed E-state index contributed by atoms with van der Waals surface area (Å²) in [6.07, 6.45) is 6.77. The van der Waals surface area contributed by atoms with Crippen LogP contribution in [0, 0.1) is 0 Å². The number of ether oxygens (including phenoxy) is 2. The number of esters is 1. The summed E-state index contributed by atoms with van der Waals surface area (Å²) in [6.45, 7) is 4.86. The molecule has 36 heavy (non-hydrogen) atoms. The summed E-state index contributed by atoms with van der Waals surface area (Å²) >= 11 is 0. The number of amides is 2. The van der Waals surface area contributed by atoms with Crippen molar-refractivity contribution in [3.05, 3.63) is 41.6 Å². The molecule has 2 saturated carbocycles. The number of aliphatic hydroxyl groups excluding tert-OH is 1. The molecule has 196 valence electrons. The number of nitrogens with one attached hydrogen (secondary N) is 2. The number of nitrogens with zero attached hydrogens (tertiary/aromatic N) is 2. The molecule has 0 aliphatic heterocycles. The number of hydrogen-bond donors (Lipinski definition) is 3. The van der Waals surface area contributed by atoms with Gasteiger partial charge in [-0.05, 0) is 64.2 Å². The first-order valence-corrected chi connectivity index (χ1v) is 12.4. The number of carbonyl (C=O) groups is 3. The zero-order chi connectivity index (χ0) is 26.1. The van der Waals surface area contributed by atoms with Crippen molar-refractivity contribution in [3.8, 4) is 5.75 Å². The predicted octanol–water partition coefficient (Wildman–Crippen LogP) is 2.37. The highest BCUT2D eigenvalue weighted by Gasteiger charge is 2.57. The van der Waals surface area contributed by atoms with Gasteiger partial charge in [0, 0.05) is 12.6 Å². The molecule has 1 aromatic carbocycles. The van der Waals surface area contributed by atoms with E-state index >= 15 is 0 Å². The lowest BCUT2D eigenvalue weighted by Gasteiger charge is -2.33. The van der Waals surface area contributed by atoms with E-state index in [-0.39, 0.29) is 36.5 Å². The summed E-state index contributed by atoms with van der Waals surface area (Å²) < 4.78 is 10.0. The second-order valence-corrected chi connectivity index (χ2v) is 9.03. The summed E-state index contributed by atoms with van der Waals surface area (Å²) in [5.41, 5.74) is 2.77. The van der Waals surface area contributed by atoms with E-state index in [1.165, 1.54) is 6.92 Å². The Hall–Kier alpha value is -3.40. The summed E-state index contributed by atoms with van der Waals surface area (Å²) in [4.78, 5) is 40.7. The van der Waals surface area contributed by atoms with Crippen molar-refractivity contribution in [1.82, 2.24) is 15.6 Å². The molecule has 0 aromatic heterocycles. The first kappa shape index (κ1) is 27.2. The Labute approximate surface area is 211 Å². The number of allylic oxidation sites excluding steroid dienone is 1. The van der Waals surface area contributed by atoms with E-state index in [4.69, 9.17) is 14.6 Å². The number of carbonyl (C=O) groups excluding carboxylic acids is 3. The average Bonchev–Trinajstić information content (AvgIpc) is 3.52. The molecule has 2 fully saturated rings. The zero-order valence-corrected chi connectivity index (χ0v) is 21.2. The van der Waals surface area contributed by atoms with Gasteiger partial charge >= 0.3 is 5.97 Å². The summed E-state index contributed by atoms with van der Waals surface area (Å²) in [5, 5.41) is 16.1. The van der Waals surface area contributed by atoms with Crippen LogP contribution in [-0.4, -0.2) is 58.5 Å². The van der Waals surface area contributed by atoms with Crippen molar-refractivity contribution in [3.63, 3.8) is 0 Å². The van der Waals surface area contributed by atoms with Crippen LogP contribution in [0.2, 0.25) is 0 Å². The van der Waals surface area contributed by atoms with Gasteiger partial charge in [-0.1, -0.05) is 31.1 Å². The maximum Gasteiger partial charge on any atom is 0.354 e. The molecule has 2 aliphatic carbocycles. The van der Waals surface area contributed by atoms with Crippen LogP contribution in [0.25, 0.3) is 0 Å². The lowest BCUT2D eigenvalue weighted by molar-refractivity contribution is -0.140. The summed E-state index contributed by atoms with van der Waals surface area (Å²) in [5.74, 6) is -0.610. The van der Waals surface area contributed by atoms with Crippen LogP contribution in [-0.2, 0) is 25.7 Å². The third kappa shape index (κ3) is 6.63. The van der Waals surface area contributed by atoms with Crippen LogP contribution >= 0.6 is 0 Å². The molecule has 0 unspecified atom stereocenters. The highest BCUT2D eigenvalue weighted by molar-refractivity contribution is 6.35. The van der Waals surface area contributed by atoms with Gasteiger partial charge in [-0.3, -0.25) is 15.0 Å². The lowest BCUT2D eigenvalue weighted by Crippen LogP contribution is -2.54. The van der Waals surface area contributed by atoms with E-state index in [0.717, 1.165) is 31.2 Å². The highest BCUT2D eigenvalue weighted by Crippen LogP contribution is 2.44. The number of rotatable bonds is 12. The molecule has 10 nitrogen and oxygen atoms in total. The second kappa shape index (κ2) is 12.5. The topological polar surface area (TPSA) is 130 Å². The van der Waals surface area contributed by atoms with Gasteiger partial charge in [0.1, 0.15) is 22.7 Å². The number of aliphatic hydroxyl groups is 1. The van der Waals surface area contributed by atoms with Crippen LogP contribution in [0.15, 0.2) is 41.1 Å². The average molecular weight is 501 g/mol. The molecule has 3 N–H and O–H groups in total. The molecule has 0 saturated heterocycles. The Kier molecular flexibility index (Phi) is 9.46. The fourth-order valence-electron chi connectivity index (χ4n) is 4.30. The molecular formula is C26H36N4O6. The van der Waals surface area contributed by atoms with Crippen molar-refractivity contribution >= 4 is 23.5 Å². The van der Waals surface area contributed by atoms with Crippen LogP contribution in [0.3, 0.4) is 0 Å². The summed E-state index contributed by atoms with van der Waals surface area (Å²) in [6, 6.07) is 7.13. The number of hydrogen-bond acceptors (Lipinski definition) is 8. The molecule has 3 rings (SSSR count). The molecule has 10 heteroatoms. The Morgan fingerprint density at radius 1 is 1.19 bits per heavy atom. The monoisotopic (exact) mass is 500 g/mol. The number of hydrazone groups is 1. The van der Waals surface area contributed by atoms with Crippen molar-refractivity contribution in [2.45, 2.75) is 77.4 Å². The highest BCUT2D eigenvalue weighted by atomic mass is 16.6. The molecule has 2 aliphatic rings. The van der Waals surface area contributed by atoms with Gasteiger partial charge in [0.25, 0.3) is 5.91 Å². The molecule has 0 heterocycles. The van der Waals surface area contributed by atoms with E-state index in [1.54, 1.807) is 49.1 Å². The fraction of sp³-hybridized carbons (Fsp3) is 0.538. The fourth-order valence-corrected chi connectivity index (χ4v) is 4.30. The van der Waals surface area contributed by atoms with Crippen LogP contribution < -0.4 is 15.5 Å². The molecular weight excluding hydrogens is 464 g/mol. The van der Waals surface area contributed by atoms with Crippen molar-refractivity contribution in [2.24, 2.45) is 5.10 Å². The van der Waals surface area contributed by atoms with Crippen molar-refractivity contribution in [1.29, 1.82) is 0 Å². The van der Waals surface area contributed by atoms with Gasteiger partial charge in [0.2, 0.25) is 5.91 Å². The van der Waals surface area contributed by atoms with E-state index in [2.05, 4.69) is 15.8 Å². The SMILES string of the molecule is C/C=C(\N/N=C(\C)C(=O)OCC)C(=O)N(Cc1ccc(OCO)cc1)C1(C(=O)NC2CCCC2)CC1. The molecule has 0 bridgehead atoms. The third-order valence-electron chi connectivity index (χ3n) is 6.53. The second-order valence-electron chi connectivity index (χ2n) is 9.03. The Morgan fingerprint density at radius 2 is 1.86 bits per heavy atom. The Bertz CT molecular complexity index is 994. The number of benzene rings is 1. The van der Waals surface area contributed by atoms with E-state index in [9.17, 15) is 14.4 Å². The first-order chi connectivity index (χ1) is 17.3. The third-order valence-corrected chi connectivity index (χ3v) is 6.53. The van der Waals surface area contributed by atoms with Crippen molar-refractivity contribution in [2.75, 3.05) is 13.4 Å². The van der Waals surface area contributed by atoms with Crippen LogP contribution in [0.5, 0.6) is 5.75 Å². The maximum absolute atomic E-state index is 13.8. The molecule has 0 spiro atoms. The lowest BCUT2D eigenvalue weighted by atomic mass is 10.1. The molecule has 0 atom stereocenters. The standard InChI is InChI=1S/C26H36N4O6/c1-4-22(29-28-18(3)24(33)35-5-2)23(32)30(16-19-10-12-21(13-11-19)36-17-31)26(14-15-26)25(34)27-20-8-6-7-9-20/h4,10-13,20,29,31H,5-9,14-17H2,1-3H3,(H,27,34)/b22-4-,28-18+.